The predicted molar refractivity (Wildman–Crippen MR) is 137 cm³/mol. The highest BCUT2D eigenvalue weighted by molar-refractivity contribution is 6.05. The Labute approximate surface area is 205 Å². The van der Waals surface area contributed by atoms with Crippen LogP contribution in [-0.4, -0.2) is 47.2 Å². The van der Waals surface area contributed by atoms with Crippen LogP contribution >= 0.6 is 0 Å². The van der Waals surface area contributed by atoms with E-state index in [9.17, 15) is 0 Å². The number of aromatic nitrogens is 2. The molecule has 5 rings (SSSR count). The van der Waals surface area contributed by atoms with Gasteiger partial charge in [-0.05, 0) is 63.5 Å². The Morgan fingerprint density at radius 1 is 1.03 bits per heavy atom. The van der Waals surface area contributed by atoms with Crippen LogP contribution in [0.5, 0.6) is 5.75 Å². The number of piperidine rings is 1. The number of furan rings is 1. The molecule has 0 bridgehead atoms. The third-order valence-electron chi connectivity index (χ3n) is 6.28. The van der Waals surface area contributed by atoms with E-state index in [1.807, 2.05) is 36.4 Å². The Morgan fingerprint density at radius 3 is 2.57 bits per heavy atom. The SMILES string of the molecule is CC(C)Nc1ncnc2oc(-c3ccc(OCCN4CCCCC4)c(F)c3)c(-c3ccccc3)c12. The third kappa shape index (κ3) is 5.15. The number of nitrogens with zero attached hydrogens (tertiary/aromatic N) is 3. The number of anilines is 1. The fourth-order valence-corrected chi connectivity index (χ4v) is 4.63. The zero-order valence-electron chi connectivity index (χ0n) is 20.3. The summed E-state index contributed by atoms with van der Waals surface area (Å²) in [4.78, 5) is 11.2. The molecule has 1 aliphatic rings. The van der Waals surface area contributed by atoms with E-state index in [4.69, 9.17) is 9.15 Å². The first-order valence-corrected chi connectivity index (χ1v) is 12.3. The van der Waals surface area contributed by atoms with E-state index < -0.39 is 5.82 Å². The van der Waals surface area contributed by atoms with Crippen molar-refractivity contribution in [3.8, 4) is 28.2 Å². The van der Waals surface area contributed by atoms with Gasteiger partial charge in [0.05, 0.1) is 5.39 Å². The molecule has 0 radical (unpaired) electrons. The van der Waals surface area contributed by atoms with Crippen LogP contribution in [0.1, 0.15) is 33.1 Å². The highest BCUT2D eigenvalue weighted by Crippen LogP contribution is 2.43. The van der Waals surface area contributed by atoms with E-state index in [2.05, 4.69) is 34.0 Å². The molecule has 2 aromatic carbocycles. The van der Waals surface area contributed by atoms with Gasteiger partial charge in [-0.1, -0.05) is 36.8 Å². The van der Waals surface area contributed by atoms with E-state index in [1.54, 1.807) is 6.07 Å². The van der Waals surface area contributed by atoms with Crippen LogP contribution in [0.3, 0.4) is 0 Å². The molecule has 1 saturated heterocycles. The van der Waals surface area contributed by atoms with Crippen molar-refractivity contribution >= 4 is 16.9 Å². The molecule has 0 amide bonds. The Kier molecular flexibility index (Phi) is 6.95. The van der Waals surface area contributed by atoms with Gasteiger partial charge in [0.25, 0.3) is 0 Å². The standard InChI is InChI=1S/C28H31FN4O2/c1-19(2)32-27-25-24(20-9-5-3-6-10-20)26(35-28(25)31-18-30-27)21-11-12-23(22(29)17-21)34-16-15-33-13-7-4-8-14-33/h3,5-6,9-12,17-19H,4,7-8,13-16H2,1-2H3,(H,30,31,32). The number of halogens is 1. The van der Waals surface area contributed by atoms with E-state index in [-0.39, 0.29) is 11.8 Å². The van der Waals surface area contributed by atoms with Crippen molar-refractivity contribution in [2.75, 3.05) is 31.6 Å². The van der Waals surface area contributed by atoms with Gasteiger partial charge in [0.2, 0.25) is 5.71 Å². The van der Waals surface area contributed by atoms with Gasteiger partial charge in [-0.25, -0.2) is 14.4 Å². The van der Waals surface area contributed by atoms with Gasteiger partial charge in [0, 0.05) is 23.7 Å². The fourth-order valence-electron chi connectivity index (χ4n) is 4.63. The topological polar surface area (TPSA) is 63.4 Å². The first kappa shape index (κ1) is 23.3. The number of fused-ring (bicyclic) bond motifs is 1. The lowest BCUT2D eigenvalue weighted by Crippen LogP contribution is -2.33. The van der Waals surface area contributed by atoms with Crippen molar-refractivity contribution in [1.82, 2.24) is 14.9 Å². The molecule has 2 aromatic heterocycles. The van der Waals surface area contributed by atoms with Crippen LogP contribution in [0, 0.1) is 5.82 Å². The van der Waals surface area contributed by atoms with Crippen molar-refractivity contribution in [3.63, 3.8) is 0 Å². The summed E-state index contributed by atoms with van der Waals surface area (Å²) in [6.07, 6.45) is 5.22. The molecule has 0 atom stereocenters. The Balaban J connectivity index is 1.48. The lowest BCUT2D eigenvalue weighted by molar-refractivity contribution is 0.180. The summed E-state index contributed by atoms with van der Waals surface area (Å²) in [5, 5.41) is 4.17. The lowest BCUT2D eigenvalue weighted by atomic mass is 9.99. The van der Waals surface area contributed by atoms with E-state index >= 15 is 4.39 Å². The van der Waals surface area contributed by atoms with Crippen molar-refractivity contribution in [1.29, 1.82) is 0 Å². The molecular weight excluding hydrogens is 443 g/mol. The second-order valence-electron chi connectivity index (χ2n) is 9.27. The predicted octanol–water partition coefficient (Wildman–Crippen LogP) is 6.38. The molecule has 0 aliphatic carbocycles. The zero-order chi connectivity index (χ0) is 24.2. The van der Waals surface area contributed by atoms with Crippen LogP contribution in [-0.2, 0) is 0 Å². The zero-order valence-corrected chi connectivity index (χ0v) is 20.3. The third-order valence-corrected chi connectivity index (χ3v) is 6.28. The van der Waals surface area contributed by atoms with Gasteiger partial charge in [-0.3, -0.25) is 4.90 Å². The summed E-state index contributed by atoms with van der Waals surface area (Å²) in [6.45, 7) is 7.57. The van der Waals surface area contributed by atoms with E-state index in [1.165, 1.54) is 31.7 Å². The summed E-state index contributed by atoms with van der Waals surface area (Å²) in [6, 6.07) is 15.1. The quantitative estimate of drug-likeness (QED) is 0.320. The van der Waals surface area contributed by atoms with Gasteiger partial charge >= 0.3 is 0 Å². The maximum absolute atomic E-state index is 15.1. The molecule has 7 heteroatoms. The maximum atomic E-state index is 15.1. The van der Waals surface area contributed by atoms with E-state index in [0.29, 0.717) is 29.5 Å². The van der Waals surface area contributed by atoms with Gasteiger partial charge in [0.15, 0.2) is 11.6 Å². The highest BCUT2D eigenvalue weighted by Gasteiger charge is 2.23. The van der Waals surface area contributed by atoms with Crippen molar-refractivity contribution in [2.45, 2.75) is 39.2 Å². The number of hydrogen-bond donors (Lipinski definition) is 1. The first-order chi connectivity index (χ1) is 17.1. The monoisotopic (exact) mass is 474 g/mol. The van der Waals surface area contributed by atoms with Gasteiger partial charge in [0.1, 0.15) is 24.5 Å². The summed E-state index contributed by atoms with van der Waals surface area (Å²) in [5.41, 5.74) is 2.87. The molecule has 6 nitrogen and oxygen atoms in total. The molecule has 0 spiro atoms. The largest absolute Gasteiger partial charge is 0.489 e. The van der Waals surface area contributed by atoms with Gasteiger partial charge in [-0.2, -0.15) is 0 Å². The van der Waals surface area contributed by atoms with Crippen LogP contribution in [0.25, 0.3) is 33.6 Å². The smallest absolute Gasteiger partial charge is 0.232 e. The maximum Gasteiger partial charge on any atom is 0.232 e. The minimum absolute atomic E-state index is 0.175. The van der Waals surface area contributed by atoms with Crippen LogP contribution < -0.4 is 10.1 Å². The highest BCUT2D eigenvalue weighted by atomic mass is 19.1. The molecule has 0 unspecified atom stereocenters. The summed E-state index contributed by atoms with van der Waals surface area (Å²) >= 11 is 0. The number of benzene rings is 2. The average Bonchev–Trinajstić information content (AvgIpc) is 3.27. The number of likely N-dealkylation sites (tertiary alicyclic amines) is 1. The molecule has 35 heavy (non-hydrogen) atoms. The molecule has 1 fully saturated rings. The molecule has 3 heterocycles. The summed E-state index contributed by atoms with van der Waals surface area (Å²) < 4.78 is 27.1. The van der Waals surface area contributed by atoms with Gasteiger partial charge < -0.3 is 14.5 Å². The average molecular weight is 475 g/mol. The van der Waals surface area contributed by atoms with Crippen LogP contribution in [0.15, 0.2) is 59.3 Å². The molecule has 0 saturated carbocycles. The Morgan fingerprint density at radius 2 is 1.83 bits per heavy atom. The lowest BCUT2D eigenvalue weighted by Gasteiger charge is -2.26. The molecular formula is C28H31FN4O2. The normalized spacial score (nSPS) is 14.5. The summed E-state index contributed by atoms with van der Waals surface area (Å²) in [7, 11) is 0. The number of nitrogens with one attached hydrogen (secondary N) is 1. The second-order valence-corrected chi connectivity index (χ2v) is 9.27. The molecule has 4 aromatic rings. The van der Waals surface area contributed by atoms with Crippen LogP contribution in [0.2, 0.25) is 0 Å². The molecule has 1 N–H and O–H groups in total. The minimum Gasteiger partial charge on any atom is -0.489 e. The Hall–Kier alpha value is -3.45. The number of ether oxygens (including phenoxy) is 1. The van der Waals surface area contributed by atoms with Crippen molar-refractivity contribution in [2.24, 2.45) is 0 Å². The second kappa shape index (κ2) is 10.4. The number of rotatable bonds is 8. The first-order valence-electron chi connectivity index (χ1n) is 12.3. The van der Waals surface area contributed by atoms with Crippen molar-refractivity contribution < 1.29 is 13.5 Å². The fraction of sp³-hybridized carbons (Fsp3) is 0.357. The minimum atomic E-state index is -0.410. The van der Waals surface area contributed by atoms with Crippen LogP contribution in [0.4, 0.5) is 10.2 Å². The number of hydrogen-bond acceptors (Lipinski definition) is 6. The van der Waals surface area contributed by atoms with Crippen molar-refractivity contribution in [3.05, 3.63) is 60.7 Å². The Bertz CT molecular complexity index is 1280. The molecule has 1 aliphatic heterocycles. The van der Waals surface area contributed by atoms with E-state index in [0.717, 1.165) is 36.1 Å². The molecule has 182 valence electrons. The van der Waals surface area contributed by atoms with Gasteiger partial charge in [-0.15, -0.1) is 0 Å². The summed E-state index contributed by atoms with van der Waals surface area (Å²) in [5.74, 6) is 1.09.